The van der Waals surface area contributed by atoms with Crippen LogP contribution in [-0.4, -0.2) is 28.5 Å². The van der Waals surface area contributed by atoms with Gasteiger partial charge in [-0.3, -0.25) is 9.59 Å². The maximum atomic E-state index is 12.4. The molecule has 0 spiro atoms. The molecule has 1 fully saturated rings. The van der Waals surface area contributed by atoms with Crippen LogP contribution < -0.4 is 5.32 Å². The van der Waals surface area contributed by atoms with E-state index in [0.717, 1.165) is 24.0 Å². The summed E-state index contributed by atoms with van der Waals surface area (Å²) in [6, 6.07) is 15.3. The fraction of sp³-hybridized carbons (Fsp3) is 0.364. The van der Waals surface area contributed by atoms with Crippen LogP contribution in [0.5, 0.6) is 0 Å². The van der Waals surface area contributed by atoms with Gasteiger partial charge >= 0.3 is 0 Å². The van der Waals surface area contributed by atoms with Crippen molar-refractivity contribution in [2.75, 3.05) is 5.75 Å². The summed E-state index contributed by atoms with van der Waals surface area (Å²) in [5.74, 6) is 0.538. The zero-order chi connectivity index (χ0) is 20.1. The van der Waals surface area contributed by atoms with Gasteiger partial charge in [0.25, 0.3) is 5.91 Å². The van der Waals surface area contributed by atoms with Crippen LogP contribution in [0, 0.1) is 0 Å². The van der Waals surface area contributed by atoms with E-state index < -0.39 is 0 Å². The molecule has 2 atom stereocenters. The second-order valence-corrected chi connectivity index (χ2v) is 8.60. The topological polar surface area (TPSA) is 49.4 Å². The van der Waals surface area contributed by atoms with Crippen molar-refractivity contribution in [1.82, 2.24) is 10.2 Å². The summed E-state index contributed by atoms with van der Waals surface area (Å²) < 4.78 is 0. The van der Waals surface area contributed by atoms with Crippen molar-refractivity contribution in [2.24, 2.45) is 0 Å². The highest BCUT2D eigenvalue weighted by Gasteiger charge is 2.32. The fourth-order valence-corrected chi connectivity index (χ4v) is 4.61. The molecule has 1 N–H and O–H groups in total. The Bertz CT molecular complexity index is 823. The molecule has 3 rings (SSSR count). The predicted octanol–water partition coefficient (Wildman–Crippen LogP) is 5.03. The molecule has 1 heterocycles. The van der Waals surface area contributed by atoms with Gasteiger partial charge in [0.2, 0.25) is 5.91 Å². The highest BCUT2D eigenvalue weighted by Crippen LogP contribution is 2.39. The third-order valence-electron chi connectivity index (χ3n) is 4.79. The van der Waals surface area contributed by atoms with Gasteiger partial charge in [0.15, 0.2) is 0 Å². The second-order valence-electron chi connectivity index (χ2n) is 7.10. The van der Waals surface area contributed by atoms with Crippen LogP contribution in [0.1, 0.15) is 53.5 Å². The Balaban J connectivity index is 1.70. The Morgan fingerprint density at radius 2 is 1.89 bits per heavy atom. The fourth-order valence-electron chi connectivity index (χ4n) is 3.30. The second kappa shape index (κ2) is 9.48. The lowest BCUT2D eigenvalue weighted by Gasteiger charge is -2.24. The smallest absolute Gasteiger partial charge is 0.251 e. The summed E-state index contributed by atoms with van der Waals surface area (Å²) in [4.78, 5) is 26.6. The van der Waals surface area contributed by atoms with Gasteiger partial charge in [-0.25, -0.2) is 0 Å². The molecule has 1 aliphatic heterocycles. The zero-order valence-electron chi connectivity index (χ0n) is 16.2. The number of rotatable bonds is 7. The number of nitrogens with zero attached hydrogens (tertiary/aromatic N) is 1. The molecule has 0 radical (unpaired) electrons. The summed E-state index contributed by atoms with van der Waals surface area (Å²) in [5, 5.41) is 3.66. The summed E-state index contributed by atoms with van der Waals surface area (Å²) >= 11 is 7.57. The highest BCUT2D eigenvalue weighted by atomic mass is 35.5. The molecule has 2 aromatic carbocycles. The normalized spacial score (nSPS) is 17.6. The van der Waals surface area contributed by atoms with Crippen molar-refractivity contribution >= 4 is 35.2 Å². The molecule has 0 aliphatic carbocycles. The van der Waals surface area contributed by atoms with Crippen LogP contribution in [-0.2, 0) is 11.3 Å². The molecule has 6 heteroatoms. The summed E-state index contributed by atoms with van der Waals surface area (Å²) in [5.41, 5.74) is 2.72. The largest absolute Gasteiger partial charge is 0.350 e. The van der Waals surface area contributed by atoms with Crippen LogP contribution >= 0.6 is 23.4 Å². The third kappa shape index (κ3) is 5.09. The van der Waals surface area contributed by atoms with Crippen LogP contribution in [0.25, 0.3) is 0 Å². The number of hydrogen-bond acceptors (Lipinski definition) is 3. The lowest BCUT2D eigenvalue weighted by atomic mass is 10.1. The van der Waals surface area contributed by atoms with E-state index in [-0.39, 0.29) is 23.2 Å². The van der Waals surface area contributed by atoms with Crippen LogP contribution in [0.2, 0.25) is 5.02 Å². The maximum absolute atomic E-state index is 12.4. The minimum absolute atomic E-state index is 0.0423. The molecule has 4 nitrogen and oxygen atoms in total. The van der Waals surface area contributed by atoms with Gasteiger partial charge in [0, 0.05) is 23.2 Å². The number of carbonyl (C=O) groups is 2. The van der Waals surface area contributed by atoms with Gasteiger partial charge in [-0.05, 0) is 48.7 Å². The molecule has 0 saturated carbocycles. The standard InChI is InChI=1S/C22H25ClN2O2S/c1-3-4-15(2)24-21(27)17-7-9-18(10-8-17)22-25(20(26)14-28-22)13-16-5-11-19(23)12-6-16/h5-12,15,22H,3-4,13-14H2,1-2H3,(H,24,27)/t15-,22+/m1/s1. The van der Waals surface area contributed by atoms with Crippen molar-refractivity contribution in [3.63, 3.8) is 0 Å². The quantitative estimate of drug-likeness (QED) is 0.688. The number of benzene rings is 2. The molecule has 0 bridgehead atoms. The number of hydrogen-bond donors (Lipinski definition) is 1. The SMILES string of the molecule is CCC[C@@H](C)NC(=O)c1ccc([C@@H]2SCC(=O)N2Cc2ccc(Cl)cc2)cc1. The third-order valence-corrected chi connectivity index (χ3v) is 6.30. The first-order valence-electron chi connectivity index (χ1n) is 9.54. The van der Waals surface area contributed by atoms with E-state index in [1.807, 2.05) is 60.4 Å². The van der Waals surface area contributed by atoms with E-state index >= 15 is 0 Å². The molecule has 2 amide bonds. The molecule has 0 unspecified atom stereocenters. The zero-order valence-corrected chi connectivity index (χ0v) is 17.7. The predicted molar refractivity (Wildman–Crippen MR) is 115 cm³/mol. The van der Waals surface area contributed by atoms with Gasteiger partial charge in [-0.2, -0.15) is 0 Å². The van der Waals surface area contributed by atoms with E-state index in [9.17, 15) is 9.59 Å². The Morgan fingerprint density at radius 1 is 1.21 bits per heavy atom. The van der Waals surface area contributed by atoms with Gasteiger partial charge in [-0.15, -0.1) is 11.8 Å². The minimum Gasteiger partial charge on any atom is -0.350 e. The van der Waals surface area contributed by atoms with Crippen LogP contribution in [0.15, 0.2) is 48.5 Å². The molecule has 148 valence electrons. The van der Waals surface area contributed by atoms with E-state index in [4.69, 9.17) is 11.6 Å². The van der Waals surface area contributed by atoms with E-state index in [1.54, 1.807) is 11.8 Å². The first kappa shape index (κ1) is 20.7. The van der Waals surface area contributed by atoms with Crippen molar-refractivity contribution in [1.29, 1.82) is 0 Å². The Labute approximate surface area is 175 Å². The highest BCUT2D eigenvalue weighted by molar-refractivity contribution is 8.00. The van der Waals surface area contributed by atoms with Crippen molar-refractivity contribution in [3.05, 3.63) is 70.2 Å². The van der Waals surface area contributed by atoms with E-state index in [2.05, 4.69) is 12.2 Å². The maximum Gasteiger partial charge on any atom is 0.251 e. The molecular formula is C22H25ClN2O2S. The van der Waals surface area contributed by atoms with Crippen LogP contribution in [0.4, 0.5) is 0 Å². The van der Waals surface area contributed by atoms with Gasteiger partial charge < -0.3 is 10.2 Å². The van der Waals surface area contributed by atoms with Gasteiger partial charge in [0.05, 0.1) is 5.75 Å². The first-order valence-corrected chi connectivity index (χ1v) is 11.0. The number of halogens is 1. The number of amides is 2. The number of thioether (sulfide) groups is 1. The van der Waals surface area contributed by atoms with Gasteiger partial charge in [0.1, 0.15) is 5.37 Å². The number of carbonyl (C=O) groups excluding carboxylic acids is 2. The van der Waals surface area contributed by atoms with Crippen molar-refractivity contribution in [3.8, 4) is 0 Å². The summed E-state index contributed by atoms with van der Waals surface area (Å²) in [6.45, 7) is 4.67. The molecule has 2 aromatic rings. The Hall–Kier alpha value is -1.98. The Morgan fingerprint density at radius 3 is 2.54 bits per heavy atom. The van der Waals surface area contributed by atoms with Crippen molar-refractivity contribution in [2.45, 2.75) is 44.6 Å². The minimum atomic E-state index is -0.0549. The van der Waals surface area contributed by atoms with Gasteiger partial charge in [-0.1, -0.05) is 49.2 Å². The molecular weight excluding hydrogens is 392 g/mol. The lowest BCUT2D eigenvalue weighted by Crippen LogP contribution is -2.32. The molecule has 0 aromatic heterocycles. The van der Waals surface area contributed by atoms with Crippen molar-refractivity contribution < 1.29 is 9.59 Å². The van der Waals surface area contributed by atoms with E-state index in [1.165, 1.54) is 0 Å². The number of nitrogens with one attached hydrogen (secondary N) is 1. The summed E-state index contributed by atoms with van der Waals surface area (Å²) in [7, 11) is 0. The molecule has 1 saturated heterocycles. The Kier molecular flexibility index (Phi) is 7.03. The lowest BCUT2D eigenvalue weighted by molar-refractivity contribution is -0.128. The first-order chi connectivity index (χ1) is 13.5. The summed E-state index contributed by atoms with van der Waals surface area (Å²) in [6.07, 6.45) is 2.00. The average molecular weight is 417 g/mol. The average Bonchev–Trinajstić information content (AvgIpc) is 3.04. The van der Waals surface area contributed by atoms with Crippen LogP contribution in [0.3, 0.4) is 0 Å². The molecule has 28 heavy (non-hydrogen) atoms. The molecule has 1 aliphatic rings. The monoisotopic (exact) mass is 416 g/mol. The van der Waals surface area contributed by atoms with E-state index in [0.29, 0.717) is 22.9 Å².